The van der Waals surface area contributed by atoms with Crippen molar-refractivity contribution in [3.8, 4) is 0 Å². The Bertz CT molecular complexity index is 1090. The lowest BCUT2D eigenvalue weighted by molar-refractivity contribution is -0.143. The van der Waals surface area contributed by atoms with Crippen LogP contribution in [-0.4, -0.2) is 75.9 Å². The molecule has 0 aliphatic carbocycles. The summed E-state index contributed by atoms with van der Waals surface area (Å²) in [5.74, 6) is -2.78. The Labute approximate surface area is 249 Å². The molecule has 1 saturated heterocycles. The smallest absolute Gasteiger partial charge is 0.316 e. The summed E-state index contributed by atoms with van der Waals surface area (Å²) in [4.78, 5) is 79.4. The number of hydrogen-bond acceptors (Lipinski definition) is 6. The van der Waals surface area contributed by atoms with E-state index in [1.807, 2.05) is 0 Å². The van der Waals surface area contributed by atoms with Crippen LogP contribution in [0.2, 0.25) is 0 Å². The van der Waals surface area contributed by atoms with Gasteiger partial charge in [-0.15, -0.1) is 0 Å². The molecule has 1 aromatic rings. The van der Waals surface area contributed by atoms with Crippen LogP contribution in [0.3, 0.4) is 0 Å². The van der Waals surface area contributed by atoms with Crippen molar-refractivity contribution in [2.24, 2.45) is 23.0 Å². The van der Waals surface area contributed by atoms with Crippen LogP contribution in [0.25, 0.3) is 0 Å². The predicted molar refractivity (Wildman–Crippen MR) is 160 cm³/mol. The van der Waals surface area contributed by atoms with Gasteiger partial charge >= 0.3 is 6.03 Å². The zero-order valence-corrected chi connectivity index (χ0v) is 26.5. The number of H-pyrrole nitrogens is 1. The zero-order chi connectivity index (χ0) is 32.4. The fourth-order valence-corrected chi connectivity index (χ4v) is 4.21. The summed E-state index contributed by atoms with van der Waals surface area (Å²) in [6.45, 7) is 17.2. The number of nitrogens with one attached hydrogen (secondary N) is 4. The van der Waals surface area contributed by atoms with Gasteiger partial charge in [-0.2, -0.15) is 0 Å². The summed E-state index contributed by atoms with van der Waals surface area (Å²) in [5.41, 5.74) is 4.63. The summed E-state index contributed by atoms with van der Waals surface area (Å²) in [7, 11) is 0. The van der Waals surface area contributed by atoms with E-state index >= 15 is 0 Å². The maximum Gasteiger partial charge on any atom is 0.316 e. The third kappa shape index (κ3) is 10.6. The van der Waals surface area contributed by atoms with Gasteiger partial charge in [-0.05, 0) is 49.1 Å². The standard InChI is InChI=1S/C25H38N6O6.C5H12/c1-13(2)17(19(33)15-9-7-11-27-15)29-24(37)30-20(25(4,5)6)23(36)31-12-8-10-16(31)22(35)28-14(3)18(32)21(26)34;1-4-5(2)3/h7,9,11,13-14,16-17,20,27H,8,10,12H2,1-6H3,(H2,26,34)(H,28,35)(H2,29,30,37);5H,4H2,1-3H3/t14?,16-,17?,20?;/m0./s1. The largest absolute Gasteiger partial charge is 0.363 e. The highest BCUT2D eigenvalue weighted by atomic mass is 16.2. The maximum absolute atomic E-state index is 13.6. The number of carbonyl (C=O) groups is 6. The van der Waals surface area contributed by atoms with Gasteiger partial charge in [0.15, 0.2) is 0 Å². The van der Waals surface area contributed by atoms with Crippen LogP contribution in [0, 0.1) is 17.3 Å². The SMILES string of the molecule is CC(NC(=O)[C@@H]1CCCN1C(=O)C(NC(=O)NC(C(=O)c1ccc[nH]1)C(C)C)C(C)(C)C)C(=O)C(N)=O.CCC(C)C. The van der Waals surface area contributed by atoms with Crippen molar-refractivity contribution in [3.05, 3.63) is 24.0 Å². The molecule has 3 unspecified atom stereocenters. The molecule has 0 radical (unpaired) electrons. The van der Waals surface area contributed by atoms with Crippen LogP contribution in [-0.2, 0) is 19.2 Å². The Kier molecular flexibility index (Phi) is 13.9. The topological polar surface area (TPSA) is 184 Å². The Balaban J connectivity index is 0.00000162. The summed E-state index contributed by atoms with van der Waals surface area (Å²) in [6, 6.07) is -1.23. The van der Waals surface area contributed by atoms with Crippen molar-refractivity contribution in [2.75, 3.05) is 6.54 Å². The Hall–Kier alpha value is -3.70. The van der Waals surface area contributed by atoms with Crippen LogP contribution in [0.1, 0.15) is 92.1 Å². The fourth-order valence-electron chi connectivity index (χ4n) is 4.21. The zero-order valence-electron chi connectivity index (χ0n) is 26.5. The molecule has 5 amide bonds. The minimum atomic E-state index is -1.16. The van der Waals surface area contributed by atoms with E-state index < -0.39 is 59.1 Å². The number of likely N-dealkylation sites (tertiary alicyclic amines) is 1. The highest BCUT2D eigenvalue weighted by Crippen LogP contribution is 2.26. The molecule has 6 N–H and O–H groups in total. The molecule has 1 aliphatic heterocycles. The third-order valence-corrected chi connectivity index (χ3v) is 7.14. The molecule has 12 heteroatoms. The van der Waals surface area contributed by atoms with Crippen molar-refractivity contribution in [1.82, 2.24) is 25.8 Å². The van der Waals surface area contributed by atoms with Gasteiger partial charge in [0.1, 0.15) is 12.1 Å². The Morgan fingerprint density at radius 3 is 2.07 bits per heavy atom. The number of nitrogens with two attached hydrogens (primary N) is 1. The first-order valence-electron chi connectivity index (χ1n) is 14.6. The van der Waals surface area contributed by atoms with E-state index in [4.69, 9.17) is 5.73 Å². The molecule has 0 saturated carbocycles. The van der Waals surface area contributed by atoms with E-state index in [1.54, 1.807) is 52.9 Å². The van der Waals surface area contributed by atoms with Crippen molar-refractivity contribution in [3.63, 3.8) is 0 Å². The third-order valence-electron chi connectivity index (χ3n) is 7.14. The summed E-state index contributed by atoms with van der Waals surface area (Å²) in [5, 5.41) is 7.83. The number of hydrogen-bond donors (Lipinski definition) is 5. The highest BCUT2D eigenvalue weighted by molar-refractivity contribution is 6.37. The summed E-state index contributed by atoms with van der Waals surface area (Å²) >= 11 is 0. The van der Waals surface area contributed by atoms with Gasteiger partial charge in [-0.1, -0.05) is 61.8 Å². The first-order chi connectivity index (χ1) is 19.4. The second-order valence-electron chi connectivity index (χ2n) is 12.5. The average molecular weight is 591 g/mol. The average Bonchev–Trinajstić information content (AvgIpc) is 3.61. The molecular weight excluding hydrogens is 540 g/mol. The Morgan fingerprint density at radius 2 is 1.62 bits per heavy atom. The van der Waals surface area contributed by atoms with Crippen LogP contribution < -0.4 is 21.7 Å². The van der Waals surface area contributed by atoms with Gasteiger partial charge in [0.05, 0.1) is 17.8 Å². The molecule has 2 rings (SSSR count). The number of rotatable bonds is 11. The summed E-state index contributed by atoms with van der Waals surface area (Å²) in [6.07, 6.45) is 3.83. The van der Waals surface area contributed by atoms with Crippen molar-refractivity contribution >= 4 is 35.3 Å². The normalized spacial score (nSPS) is 17.0. The molecule has 0 bridgehead atoms. The van der Waals surface area contributed by atoms with Crippen molar-refractivity contribution < 1.29 is 28.8 Å². The molecular formula is C30H50N6O6. The summed E-state index contributed by atoms with van der Waals surface area (Å²) < 4.78 is 0. The van der Waals surface area contributed by atoms with E-state index in [1.165, 1.54) is 18.2 Å². The molecule has 42 heavy (non-hydrogen) atoms. The number of carbonyl (C=O) groups excluding carboxylic acids is 6. The van der Waals surface area contributed by atoms with Gasteiger partial charge < -0.3 is 31.6 Å². The number of amides is 5. The van der Waals surface area contributed by atoms with Crippen LogP contribution in [0.5, 0.6) is 0 Å². The molecule has 12 nitrogen and oxygen atoms in total. The number of nitrogens with zero attached hydrogens (tertiary/aromatic N) is 1. The first-order valence-corrected chi connectivity index (χ1v) is 14.6. The van der Waals surface area contributed by atoms with Gasteiger partial charge in [0.25, 0.3) is 5.91 Å². The minimum Gasteiger partial charge on any atom is -0.363 e. The van der Waals surface area contributed by atoms with Crippen LogP contribution in [0.15, 0.2) is 18.3 Å². The van der Waals surface area contributed by atoms with Gasteiger partial charge in [0, 0.05) is 12.7 Å². The molecule has 0 aromatic carbocycles. The number of aromatic amines is 1. The minimum absolute atomic E-state index is 0.220. The van der Waals surface area contributed by atoms with Crippen molar-refractivity contribution in [2.45, 2.75) is 106 Å². The number of ketones is 2. The van der Waals surface area contributed by atoms with E-state index in [-0.39, 0.29) is 18.2 Å². The molecule has 0 spiro atoms. The molecule has 2 heterocycles. The number of Topliss-reactive ketones (excluding diaryl/α,β-unsaturated/α-hetero) is 2. The van der Waals surface area contributed by atoms with E-state index in [0.29, 0.717) is 18.5 Å². The van der Waals surface area contributed by atoms with E-state index in [2.05, 4.69) is 41.7 Å². The van der Waals surface area contributed by atoms with Crippen LogP contribution >= 0.6 is 0 Å². The number of urea groups is 1. The van der Waals surface area contributed by atoms with Crippen molar-refractivity contribution in [1.29, 1.82) is 0 Å². The van der Waals surface area contributed by atoms with Crippen LogP contribution in [0.4, 0.5) is 4.79 Å². The fraction of sp³-hybridized carbons (Fsp3) is 0.667. The lowest BCUT2D eigenvalue weighted by atomic mass is 9.85. The molecule has 4 atom stereocenters. The second kappa shape index (κ2) is 16.1. The lowest BCUT2D eigenvalue weighted by Crippen LogP contribution is -2.61. The maximum atomic E-state index is 13.6. The second-order valence-corrected chi connectivity index (χ2v) is 12.5. The first kappa shape index (κ1) is 36.3. The van der Waals surface area contributed by atoms with Gasteiger partial charge in [0.2, 0.25) is 23.4 Å². The quantitative estimate of drug-likeness (QED) is 0.195. The van der Waals surface area contributed by atoms with E-state index in [0.717, 1.165) is 5.92 Å². The molecule has 236 valence electrons. The van der Waals surface area contributed by atoms with E-state index in [9.17, 15) is 28.8 Å². The number of primary amides is 1. The molecule has 1 aromatic heterocycles. The lowest BCUT2D eigenvalue weighted by Gasteiger charge is -2.36. The number of aromatic nitrogens is 1. The molecule has 1 aliphatic rings. The molecule has 1 fully saturated rings. The monoisotopic (exact) mass is 590 g/mol. The highest BCUT2D eigenvalue weighted by Gasteiger charge is 2.42. The Morgan fingerprint density at radius 1 is 1.02 bits per heavy atom. The van der Waals surface area contributed by atoms with Gasteiger partial charge in [-0.25, -0.2) is 4.79 Å². The predicted octanol–water partition coefficient (Wildman–Crippen LogP) is 2.54. The van der Waals surface area contributed by atoms with Gasteiger partial charge in [-0.3, -0.25) is 24.0 Å².